The van der Waals surface area contributed by atoms with Crippen molar-refractivity contribution in [3.05, 3.63) is 152 Å². The second-order valence-electron chi connectivity index (χ2n) is 14.2. The van der Waals surface area contributed by atoms with Gasteiger partial charge in [0.2, 0.25) is 5.95 Å². The van der Waals surface area contributed by atoms with Crippen LogP contribution >= 0.6 is 0 Å². The van der Waals surface area contributed by atoms with Crippen LogP contribution in [0.4, 0.5) is 0 Å². The lowest BCUT2D eigenvalue weighted by atomic mass is 9.94. The van der Waals surface area contributed by atoms with Gasteiger partial charge in [-0.05, 0) is 66.6 Å². The molecule has 3 nitrogen and oxygen atoms in total. The Morgan fingerprint density at radius 1 is 0.480 bits per heavy atom. The van der Waals surface area contributed by atoms with Crippen molar-refractivity contribution >= 4 is 83.5 Å². The highest BCUT2D eigenvalue weighted by Crippen LogP contribution is 2.41. The van der Waals surface area contributed by atoms with Crippen molar-refractivity contribution in [2.45, 2.75) is 13.1 Å². The first-order chi connectivity index (χ1) is 24.6. The molecule has 0 saturated carbocycles. The van der Waals surface area contributed by atoms with Crippen molar-refractivity contribution in [2.24, 2.45) is 0 Å². The predicted octanol–water partition coefficient (Wildman–Crippen LogP) is 10.7. The summed E-state index contributed by atoms with van der Waals surface area (Å²) in [6.45, 7) is 5.01. The lowest BCUT2D eigenvalue weighted by molar-refractivity contribution is 1.02. The first-order valence-corrected chi connectivity index (χ1v) is 20.4. The van der Waals surface area contributed by atoms with Crippen molar-refractivity contribution in [1.29, 1.82) is 0 Å². The fourth-order valence-corrected chi connectivity index (χ4v) is 12.4. The van der Waals surface area contributed by atoms with Gasteiger partial charge in [0.05, 0.1) is 22.2 Å². The molecule has 1 aliphatic rings. The van der Waals surface area contributed by atoms with Crippen LogP contribution in [-0.4, -0.2) is 22.6 Å². The minimum absolute atomic E-state index is 0.686. The highest BCUT2D eigenvalue weighted by Gasteiger charge is 2.38. The number of aromatic nitrogens is 3. The van der Waals surface area contributed by atoms with Gasteiger partial charge in [-0.2, -0.15) is 0 Å². The van der Waals surface area contributed by atoms with Crippen LogP contribution in [-0.2, 0) is 0 Å². The van der Waals surface area contributed by atoms with Crippen LogP contribution in [0.25, 0.3) is 93.4 Å². The standard InChI is InChI=1S/C46H31N3Si/c1-50(2)41-23-13-11-19-33(41)36-25-24-29-26-40-38(27-37(29)45(36)50)32-18-10-12-22-39(32)49(40)46-47-43(28-14-4-3-5-15-28)42-34-20-8-6-16-30(34)31-17-7-9-21-35(31)44(42)48-46/h3-27H,1-2H3. The van der Waals surface area contributed by atoms with Crippen LogP contribution in [0.5, 0.6) is 0 Å². The Morgan fingerprint density at radius 2 is 1.14 bits per heavy atom. The molecule has 0 aliphatic carbocycles. The Balaban J connectivity index is 1.28. The monoisotopic (exact) mass is 653 g/mol. The minimum Gasteiger partial charge on any atom is -0.278 e. The molecule has 0 atom stereocenters. The molecule has 0 spiro atoms. The zero-order chi connectivity index (χ0) is 33.1. The summed E-state index contributed by atoms with van der Waals surface area (Å²) in [5, 5.41) is 14.0. The third-order valence-corrected chi connectivity index (χ3v) is 14.7. The Kier molecular flexibility index (Phi) is 5.55. The molecule has 1 aliphatic heterocycles. The van der Waals surface area contributed by atoms with Gasteiger partial charge in [0.15, 0.2) is 0 Å². The lowest BCUT2D eigenvalue weighted by Gasteiger charge is -2.21. The van der Waals surface area contributed by atoms with E-state index < -0.39 is 8.07 Å². The summed E-state index contributed by atoms with van der Waals surface area (Å²) in [6.07, 6.45) is 0. The summed E-state index contributed by atoms with van der Waals surface area (Å²) in [5.41, 5.74) is 8.03. The molecule has 4 heteroatoms. The first-order valence-electron chi connectivity index (χ1n) is 17.4. The van der Waals surface area contributed by atoms with Gasteiger partial charge < -0.3 is 0 Å². The van der Waals surface area contributed by atoms with Gasteiger partial charge in [-0.15, -0.1) is 0 Å². The Bertz CT molecular complexity index is 3070. The normalized spacial score (nSPS) is 13.6. The summed E-state index contributed by atoms with van der Waals surface area (Å²) in [4.78, 5) is 11.0. The molecule has 0 radical (unpaired) electrons. The molecule has 0 bridgehead atoms. The fourth-order valence-electron chi connectivity index (χ4n) is 8.96. The van der Waals surface area contributed by atoms with Crippen LogP contribution < -0.4 is 10.4 Å². The number of nitrogens with zero attached hydrogens (tertiary/aromatic N) is 3. The average molecular weight is 654 g/mol. The van der Waals surface area contributed by atoms with E-state index in [1.54, 1.807) is 5.19 Å². The molecule has 8 aromatic carbocycles. The van der Waals surface area contributed by atoms with E-state index in [0.717, 1.165) is 38.6 Å². The van der Waals surface area contributed by atoms with E-state index in [9.17, 15) is 0 Å². The maximum Gasteiger partial charge on any atom is 0.235 e. The van der Waals surface area contributed by atoms with E-state index in [2.05, 4.69) is 169 Å². The molecule has 3 heterocycles. The van der Waals surface area contributed by atoms with Gasteiger partial charge in [-0.25, -0.2) is 9.97 Å². The zero-order valence-electron chi connectivity index (χ0n) is 27.8. The van der Waals surface area contributed by atoms with E-state index in [0.29, 0.717) is 5.95 Å². The summed E-state index contributed by atoms with van der Waals surface area (Å²) in [5.74, 6) is 0.686. The largest absolute Gasteiger partial charge is 0.278 e. The molecule has 0 saturated heterocycles. The molecule has 0 N–H and O–H groups in total. The van der Waals surface area contributed by atoms with Crippen molar-refractivity contribution < 1.29 is 0 Å². The summed E-state index contributed by atoms with van der Waals surface area (Å²) in [6, 6.07) is 55.2. The van der Waals surface area contributed by atoms with Gasteiger partial charge in [0.25, 0.3) is 0 Å². The number of rotatable bonds is 2. The fraction of sp³-hybridized carbons (Fsp3) is 0.0435. The highest BCUT2D eigenvalue weighted by molar-refractivity contribution is 7.05. The zero-order valence-corrected chi connectivity index (χ0v) is 28.8. The first kappa shape index (κ1) is 27.8. The number of para-hydroxylation sites is 1. The Labute approximate surface area is 290 Å². The predicted molar refractivity (Wildman–Crippen MR) is 214 cm³/mol. The molecule has 10 aromatic rings. The van der Waals surface area contributed by atoms with Crippen molar-refractivity contribution in [3.8, 4) is 28.3 Å². The summed E-state index contributed by atoms with van der Waals surface area (Å²) >= 11 is 0. The van der Waals surface area contributed by atoms with Crippen LogP contribution in [0.2, 0.25) is 13.1 Å². The highest BCUT2D eigenvalue weighted by atomic mass is 28.3. The number of hydrogen-bond donors (Lipinski definition) is 0. The third-order valence-electron chi connectivity index (χ3n) is 11.1. The lowest BCUT2D eigenvalue weighted by Crippen LogP contribution is -2.49. The van der Waals surface area contributed by atoms with Crippen molar-refractivity contribution in [1.82, 2.24) is 14.5 Å². The molecule has 2 aromatic heterocycles. The second kappa shape index (κ2) is 9.97. The van der Waals surface area contributed by atoms with Gasteiger partial charge >= 0.3 is 0 Å². The van der Waals surface area contributed by atoms with Crippen molar-refractivity contribution in [3.63, 3.8) is 0 Å². The smallest absolute Gasteiger partial charge is 0.235 e. The maximum absolute atomic E-state index is 5.53. The molecule has 0 unspecified atom stereocenters. The maximum atomic E-state index is 5.53. The van der Waals surface area contributed by atoms with E-state index in [1.807, 2.05) is 0 Å². The number of fused-ring (bicyclic) bond motifs is 14. The number of benzene rings is 8. The number of hydrogen-bond acceptors (Lipinski definition) is 2. The van der Waals surface area contributed by atoms with E-state index in [-0.39, 0.29) is 0 Å². The average Bonchev–Trinajstić information content (AvgIpc) is 3.61. The molecule has 0 fully saturated rings. The van der Waals surface area contributed by atoms with Gasteiger partial charge in [-0.1, -0.05) is 147 Å². The van der Waals surface area contributed by atoms with Gasteiger partial charge in [0.1, 0.15) is 8.07 Å². The summed E-state index contributed by atoms with van der Waals surface area (Å²) in [7, 11) is -1.91. The van der Waals surface area contributed by atoms with E-state index in [1.165, 1.54) is 54.0 Å². The van der Waals surface area contributed by atoms with E-state index >= 15 is 0 Å². The molecular weight excluding hydrogens is 623 g/mol. The van der Waals surface area contributed by atoms with Crippen LogP contribution in [0.15, 0.2) is 152 Å². The molecule has 50 heavy (non-hydrogen) atoms. The minimum atomic E-state index is -1.91. The van der Waals surface area contributed by atoms with E-state index in [4.69, 9.17) is 9.97 Å². The SMILES string of the molecule is C[Si]1(C)c2ccccc2-c2ccc3cc4c(cc3c21)c1ccccc1n4-c1nc(-c2ccccc2)c2c3ccccc3c3ccccc3c2n1. The van der Waals surface area contributed by atoms with Crippen LogP contribution in [0.1, 0.15) is 0 Å². The second-order valence-corrected chi connectivity index (χ2v) is 18.4. The molecular formula is C46H31N3Si. The van der Waals surface area contributed by atoms with Gasteiger partial charge in [0, 0.05) is 27.1 Å². The Morgan fingerprint density at radius 3 is 1.96 bits per heavy atom. The molecule has 11 rings (SSSR count). The van der Waals surface area contributed by atoms with Crippen molar-refractivity contribution in [2.75, 3.05) is 0 Å². The topological polar surface area (TPSA) is 30.7 Å². The quantitative estimate of drug-likeness (QED) is 0.137. The molecule has 0 amide bonds. The van der Waals surface area contributed by atoms with Crippen LogP contribution in [0, 0.1) is 0 Å². The van der Waals surface area contributed by atoms with Crippen LogP contribution in [0.3, 0.4) is 0 Å². The van der Waals surface area contributed by atoms with Gasteiger partial charge in [-0.3, -0.25) is 4.57 Å². The Hall–Kier alpha value is -6.10. The molecule has 234 valence electrons. The summed E-state index contributed by atoms with van der Waals surface area (Å²) < 4.78 is 2.30. The third kappa shape index (κ3) is 3.63.